The second kappa shape index (κ2) is 8.59. The summed E-state index contributed by atoms with van der Waals surface area (Å²) in [6.07, 6.45) is 0. The molecule has 1 atom stereocenters. The highest BCUT2D eigenvalue weighted by Crippen LogP contribution is 2.38. The summed E-state index contributed by atoms with van der Waals surface area (Å²) < 4.78 is 21.9. The van der Waals surface area contributed by atoms with Crippen LogP contribution in [0.1, 0.15) is 12.5 Å². The molecule has 130 valence electrons. The van der Waals surface area contributed by atoms with Gasteiger partial charge < -0.3 is 24.3 Å². The fourth-order valence-corrected chi connectivity index (χ4v) is 2.86. The van der Waals surface area contributed by atoms with Crippen LogP contribution < -0.4 is 19.5 Å². The van der Waals surface area contributed by atoms with Crippen molar-refractivity contribution in [3.63, 3.8) is 0 Å². The van der Waals surface area contributed by atoms with Gasteiger partial charge in [0.15, 0.2) is 11.5 Å². The number of halogens is 1. The van der Waals surface area contributed by atoms with E-state index < -0.39 is 0 Å². The molecule has 0 radical (unpaired) electrons. The van der Waals surface area contributed by atoms with Gasteiger partial charge in [-0.2, -0.15) is 0 Å². The van der Waals surface area contributed by atoms with Gasteiger partial charge in [0.2, 0.25) is 6.79 Å². The summed E-state index contributed by atoms with van der Waals surface area (Å²) in [5, 5.41) is 3.46. The van der Waals surface area contributed by atoms with E-state index in [1.165, 1.54) is 0 Å². The Morgan fingerprint density at radius 1 is 1.26 bits per heavy atom. The first kappa shape index (κ1) is 18.1. The molecule has 7 heteroatoms. The third-order valence-corrected chi connectivity index (χ3v) is 3.95. The maximum atomic E-state index is 5.87. The van der Waals surface area contributed by atoms with Crippen LogP contribution in [0.25, 0.3) is 0 Å². The van der Waals surface area contributed by atoms with E-state index >= 15 is 0 Å². The van der Waals surface area contributed by atoms with E-state index in [4.69, 9.17) is 18.9 Å². The van der Waals surface area contributed by atoms with E-state index in [9.17, 15) is 0 Å². The molecule has 1 N–H and O–H groups in total. The third-order valence-electron chi connectivity index (χ3n) is 3.95. The Labute approximate surface area is 143 Å². The number of benzene rings is 1. The average Bonchev–Trinajstić information content (AvgIpc) is 2.95. The van der Waals surface area contributed by atoms with Gasteiger partial charge >= 0.3 is 0 Å². The Morgan fingerprint density at radius 3 is 2.78 bits per heavy atom. The molecule has 2 aliphatic heterocycles. The van der Waals surface area contributed by atoms with Gasteiger partial charge in [0.05, 0.1) is 6.61 Å². The molecule has 1 unspecified atom stereocenters. The summed E-state index contributed by atoms with van der Waals surface area (Å²) in [5.41, 5.74) is 1.13. The molecule has 0 saturated carbocycles. The SMILES string of the molecule is COCCOc1cc2c(cc1CN1CCNC(C)C1)OCO2.Cl. The number of fused-ring (bicyclic) bond motifs is 1. The van der Waals surface area contributed by atoms with Crippen molar-refractivity contribution in [3.05, 3.63) is 17.7 Å². The zero-order valence-electron chi connectivity index (χ0n) is 13.7. The van der Waals surface area contributed by atoms with Gasteiger partial charge in [0.1, 0.15) is 12.4 Å². The van der Waals surface area contributed by atoms with Crippen LogP contribution in [0.3, 0.4) is 0 Å². The lowest BCUT2D eigenvalue weighted by molar-refractivity contribution is 0.143. The number of ether oxygens (including phenoxy) is 4. The lowest BCUT2D eigenvalue weighted by Crippen LogP contribution is -2.48. The molecule has 1 aromatic carbocycles. The molecule has 1 saturated heterocycles. The van der Waals surface area contributed by atoms with E-state index in [1.54, 1.807) is 7.11 Å². The molecule has 2 aliphatic rings. The quantitative estimate of drug-likeness (QED) is 0.792. The van der Waals surface area contributed by atoms with E-state index in [0.717, 1.165) is 49.0 Å². The molecule has 1 fully saturated rings. The standard InChI is InChI=1S/C16H24N2O4.ClH/c1-12-9-18(4-3-17-12)10-13-7-15-16(22-11-21-15)8-14(13)20-6-5-19-2;/h7-8,12,17H,3-6,9-11H2,1-2H3;1H. The topological polar surface area (TPSA) is 52.2 Å². The molecule has 2 heterocycles. The van der Waals surface area contributed by atoms with Crippen molar-refractivity contribution in [1.82, 2.24) is 10.2 Å². The minimum Gasteiger partial charge on any atom is -0.491 e. The largest absolute Gasteiger partial charge is 0.491 e. The zero-order chi connectivity index (χ0) is 15.4. The monoisotopic (exact) mass is 344 g/mol. The number of piperazine rings is 1. The van der Waals surface area contributed by atoms with Gasteiger partial charge in [0, 0.05) is 51.0 Å². The molecule has 1 aromatic rings. The Kier molecular flexibility index (Phi) is 6.77. The van der Waals surface area contributed by atoms with Gasteiger partial charge in [0.25, 0.3) is 0 Å². The Balaban J connectivity index is 0.00000192. The van der Waals surface area contributed by atoms with Crippen LogP contribution in [0.4, 0.5) is 0 Å². The smallest absolute Gasteiger partial charge is 0.231 e. The summed E-state index contributed by atoms with van der Waals surface area (Å²) in [7, 11) is 1.67. The fourth-order valence-electron chi connectivity index (χ4n) is 2.86. The summed E-state index contributed by atoms with van der Waals surface area (Å²) in [6.45, 7) is 7.53. The number of methoxy groups -OCH3 is 1. The number of hydrogen-bond donors (Lipinski definition) is 1. The van der Waals surface area contributed by atoms with Crippen LogP contribution >= 0.6 is 12.4 Å². The molecule has 23 heavy (non-hydrogen) atoms. The minimum atomic E-state index is 0. The van der Waals surface area contributed by atoms with Crippen LogP contribution in [0.2, 0.25) is 0 Å². The summed E-state index contributed by atoms with van der Waals surface area (Å²) in [4.78, 5) is 2.43. The van der Waals surface area contributed by atoms with Crippen LogP contribution in [-0.2, 0) is 11.3 Å². The van der Waals surface area contributed by atoms with Crippen LogP contribution in [0, 0.1) is 0 Å². The molecule has 6 nitrogen and oxygen atoms in total. The minimum absolute atomic E-state index is 0. The van der Waals surface area contributed by atoms with Gasteiger partial charge in [-0.15, -0.1) is 12.4 Å². The molecule has 0 aliphatic carbocycles. The van der Waals surface area contributed by atoms with Crippen LogP contribution in [-0.4, -0.2) is 57.7 Å². The summed E-state index contributed by atoms with van der Waals surface area (Å²) in [6, 6.07) is 4.48. The van der Waals surface area contributed by atoms with Crippen molar-refractivity contribution < 1.29 is 18.9 Å². The fraction of sp³-hybridized carbons (Fsp3) is 0.625. The predicted molar refractivity (Wildman–Crippen MR) is 89.9 cm³/mol. The van der Waals surface area contributed by atoms with Gasteiger partial charge in [-0.05, 0) is 13.0 Å². The second-order valence-corrected chi connectivity index (χ2v) is 5.74. The molecule has 3 rings (SSSR count). The van der Waals surface area contributed by atoms with Gasteiger partial charge in [-0.25, -0.2) is 0 Å². The van der Waals surface area contributed by atoms with Gasteiger partial charge in [-0.1, -0.05) is 0 Å². The highest BCUT2D eigenvalue weighted by molar-refractivity contribution is 5.85. The zero-order valence-corrected chi connectivity index (χ0v) is 14.5. The third kappa shape index (κ3) is 4.64. The predicted octanol–water partition coefficient (Wildman–Crippen LogP) is 1.66. The van der Waals surface area contributed by atoms with Gasteiger partial charge in [-0.3, -0.25) is 4.90 Å². The van der Waals surface area contributed by atoms with Crippen LogP contribution in [0.5, 0.6) is 17.2 Å². The van der Waals surface area contributed by atoms with E-state index in [0.29, 0.717) is 19.3 Å². The Morgan fingerprint density at radius 2 is 2.04 bits per heavy atom. The number of rotatable bonds is 6. The summed E-state index contributed by atoms with van der Waals surface area (Å²) >= 11 is 0. The van der Waals surface area contributed by atoms with Crippen LogP contribution in [0.15, 0.2) is 12.1 Å². The van der Waals surface area contributed by atoms with E-state index in [1.807, 2.05) is 12.1 Å². The number of nitrogens with zero attached hydrogens (tertiary/aromatic N) is 1. The molecule has 0 spiro atoms. The average molecular weight is 345 g/mol. The molecule has 0 bridgehead atoms. The maximum Gasteiger partial charge on any atom is 0.231 e. The van der Waals surface area contributed by atoms with Crippen molar-refractivity contribution in [3.8, 4) is 17.2 Å². The molecule has 0 amide bonds. The second-order valence-electron chi connectivity index (χ2n) is 5.74. The lowest BCUT2D eigenvalue weighted by atomic mass is 10.1. The summed E-state index contributed by atoms with van der Waals surface area (Å²) in [5.74, 6) is 2.41. The first-order valence-electron chi connectivity index (χ1n) is 7.76. The highest BCUT2D eigenvalue weighted by Gasteiger charge is 2.21. The van der Waals surface area contributed by atoms with Crippen molar-refractivity contribution >= 4 is 12.4 Å². The first-order chi connectivity index (χ1) is 10.8. The number of hydrogen-bond acceptors (Lipinski definition) is 6. The van der Waals surface area contributed by atoms with Crippen molar-refractivity contribution in [2.75, 3.05) is 46.8 Å². The van der Waals surface area contributed by atoms with Crippen molar-refractivity contribution in [2.24, 2.45) is 0 Å². The Bertz CT molecular complexity index is 515. The van der Waals surface area contributed by atoms with E-state index in [2.05, 4.69) is 17.1 Å². The molecular weight excluding hydrogens is 320 g/mol. The normalized spacial score (nSPS) is 20.2. The van der Waals surface area contributed by atoms with Crippen molar-refractivity contribution in [2.45, 2.75) is 19.5 Å². The molecule has 0 aromatic heterocycles. The Hall–Kier alpha value is -1.21. The number of nitrogens with one attached hydrogen (secondary N) is 1. The maximum absolute atomic E-state index is 5.87. The lowest BCUT2D eigenvalue weighted by Gasteiger charge is -2.32. The highest BCUT2D eigenvalue weighted by atomic mass is 35.5. The van der Waals surface area contributed by atoms with E-state index in [-0.39, 0.29) is 19.2 Å². The van der Waals surface area contributed by atoms with Crippen molar-refractivity contribution in [1.29, 1.82) is 0 Å². The molecular formula is C16H25ClN2O4. The first-order valence-corrected chi connectivity index (χ1v) is 7.76.